The van der Waals surface area contributed by atoms with E-state index in [-0.39, 0.29) is 11.9 Å². The normalized spacial score (nSPS) is 15.8. The van der Waals surface area contributed by atoms with Crippen LogP contribution in [0.5, 0.6) is 34.5 Å². The van der Waals surface area contributed by atoms with Crippen LogP contribution in [0, 0.1) is 3.57 Å². The molecule has 0 bridgehead atoms. The van der Waals surface area contributed by atoms with Gasteiger partial charge in [-0.15, -0.1) is 0 Å². The van der Waals surface area contributed by atoms with Crippen molar-refractivity contribution in [2.45, 2.75) is 31.7 Å². The van der Waals surface area contributed by atoms with Crippen LogP contribution in [0.4, 0.5) is 5.69 Å². The van der Waals surface area contributed by atoms with Crippen molar-refractivity contribution in [3.05, 3.63) is 63.7 Å². The van der Waals surface area contributed by atoms with E-state index in [2.05, 4.69) is 27.6 Å². The highest BCUT2D eigenvalue weighted by molar-refractivity contribution is 14.1. The number of methoxy groups -OCH3 is 2. The van der Waals surface area contributed by atoms with E-state index in [0.717, 1.165) is 58.8 Å². The summed E-state index contributed by atoms with van der Waals surface area (Å²) in [6.07, 6.45) is 5.43. The minimum Gasteiger partial charge on any atom is -0.497 e. The Morgan fingerprint density at radius 3 is 2.38 bits per heavy atom. The molecule has 0 spiro atoms. The predicted molar refractivity (Wildman–Crippen MR) is 158 cm³/mol. The molecular weight excluding hydrogens is 611 g/mol. The molecule has 2 aliphatic heterocycles. The molecule has 1 atom stereocenters. The maximum absolute atomic E-state index is 13.0. The van der Waals surface area contributed by atoms with Crippen molar-refractivity contribution in [3.8, 4) is 34.5 Å². The van der Waals surface area contributed by atoms with Crippen molar-refractivity contribution in [2.24, 2.45) is 4.99 Å². The van der Waals surface area contributed by atoms with E-state index in [1.807, 2.05) is 53.6 Å². The number of carbonyl (C=O) groups excluding carboxylic acids is 1. The summed E-state index contributed by atoms with van der Waals surface area (Å²) in [5, 5.41) is 0. The first-order valence-electron chi connectivity index (χ1n) is 13.0. The van der Waals surface area contributed by atoms with Crippen LogP contribution in [0.25, 0.3) is 0 Å². The molecule has 0 aliphatic carbocycles. The van der Waals surface area contributed by atoms with Crippen LogP contribution in [0.2, 0.25) is 0 Å². The third-order valence-corrected chi connectivity index (χ3v) is 7.60. The molecule has 0 N–H and O–H groups in total. The molecule has 1 fully saturated rings. The lowest BCUT2D eigenvalue weighted by atomic mass is 10.1. The number of hydrogen-bond acceptors (Lipinski definition) is 7. The first-order valence-corrected chi connectivity index (χ1v) is 14.1. The number of fused-ring (bicyclic) bond motifs is 2. The van der Waals surface area contributed by atoms with Gasteiger partial charge in [-0.2, -0.15) is 0 Å². The van der Waals surface area contributed by atoms with Crippen LogP contribution in [0.1, 0.15) is 36.0 Å². The summed E-state index contributed by atoms with van der Waals surface area (Å²) in [6, 6.07) is 16.9. The van der Waals surface area contributed by atoms with Gasteiger partial charge in [0.05, 0.1) is 48.3 Å². The van der Waals surface area contributed by atoms with E-state index < -0.39 is 0 Å². The van der Waals surface area contributed by atoms with E-state index in [1.54, 1.807) is 26.4 Å². The molecule has 2 aliphatic rings. The molecule has 3 aromatic rings. The van der Waals surface area contributed by atoms with Crippen molar-refractivity contribution in [2.75, 3.05) is 34.0 Å². The number of aliphatic imine (C=N–C) groups is 1. The van der Waals surface area contributed by atoms with Gasteiger partial charge in [0.2, 0.25) is 0 Å². The SMILES string of the molecule is COc1ccc(Oc2cc(OCCCCOc3cc4c(cc3OC)C(=O)N3CCC[C@H]3C=N4)ccc2I)cc1. The van der Waals surface area contributed by atoms with Gasteiger partial charge in [0.25, 0.3) is 5.91 Å². The zero-order valence-corrected chi connectivity index (χ0v) is 24.2. The van der Waals surface area contributed by atoms with E-state index in [4.69, 9.17) is 23.7 Å². The van der Waals surface area contributed by atoms with Crippen molar-refractivity contribution >= 4 is 40.4 Å². The minimum absolute atomic E-state index is 0.000144. The predicted octanol–water partition coefficient (Wildman–Crippen LogP) is 6.66. The van der Waals surface area contributed by atoms with Gasteiger partial charge in [0, 0.05) is 24.9 Å². The van der Waals surface area contributed by atoms with Crippen LogP contribution in [-0.4, -0.2) is 57.0 Å². The average molecular weight is 642 g/mol. The number of nitrogens with zero attached hydrogens (tertiary/aromatic N) is 2. The van der Waals surface area contributed by atoms with E-state index in [1.165, 1.54) is 0 Å². The van der Waals surface area contributed by atoms with Gasteiger partial charge < -0.3 is 28.6 Å². The molecule has 0 unspecified atom stereocenters. The second-order valence-corrected chi connectivity index (χ2v) is 10.4. The number of carbonyl (C=O) groups is 1. The zero-order chi connectivity index (χ0) is 27.2. The quantitative estimate of drug-likeness (QED) is 0.172. The second-order valence-electron chi connectivity index (χ2n) is 9.28. The summed E-state index contributed by atoms with van der Waals surface area (Å²) < 4.78 is 29.7. The molecule has 5 rings (SSSR count). The average Bonchev–Trinajstić information content (AvgIpc) is 3.39. The Morgan fingerprint density at radius 2 is 1.62 bits per heavy atom. The summed E-state index contributed by atoms with van der Waals surface area (Å²) in [4.78, 5) is 19.5. The maximum atomic E-state index is 13.0. The number of unbranched alkanes of at least 4 members (excludes halogenated alkanes) is 1. The lowest BCUT2D eigenvalue weighted by molar-refractivity contribution is 0.0774. The van der Waals surface area contributed by atoms with Crippen LogP contribution >= 0.6 is 22.6 Å². The number of ether oxygens (including phenoxy) is 5. The van der Waals surface area contributed by atoms with E-state index in [9.17, 15) is 4.79 Å². The minimum atomic E-state index is 0.000144. The fourth-order valence-corrected chi connectivity index (χ4v) is 5.06. The molecule has 9 heteroatoms. The Labute approximate surface area is 242 Å². The highest BCUT2D eigenvalue weighted by atomic mass is 127. The molecule has 0 radical (unpaired) electrons. The molecule has 204 valence electrons. The Kier molecular flexibility index (Phi) is 8.75. The van der Waals surface area contributed by atoms with Gasteiger partial charge in [0.15, 0.2) is 11.5 Å². The first kappa shape index (κ1) is 27.1. The van der Waals surface area contributed by atoms with Crippen LogP contribution < -0.4 is 23.7 Å². The molecule has 39 heavy (non-hydrogen) atoms. The number of halogens is 1. The van der Waals surface area contributed by atoms with Crippen molar-refractivity contribution in [1.29, 1.82) is 0 Å². The standard InChI is InChI=1S/C30H31IN2O6/c1-35-21-7-9-22(10-8-21)39-27-16-23(11-12-25(27)31)37-14-3-4-15-38-29-18-26-24(17-28(29)36-2)30(34)33-13-5-6-20(33)19-32-26/h7-12,16-20H,3-6,13-15H2,1-2H3/t20-/m0/s1. The van der Waals surface area contributed by atoms with Gasteiger partial charge in [0.1, 0.15) is 23.0 Å². The second kappa shape index (κ2) is 12.6. The Bertz CT molecular complexity index is 1340. The van der Waals surface area contributed by atoms with Gasteiger partial charge in [-0.3, -0.25) is 9.79 Å². The molecule has 3 aromatic carbocycles. The van der Waals surface area contributed by atoms with Gasteiger partial charge >= 0.3 is 0 Å². The lowest BCUT2D eigenvalue weighted by Crippen LogP contribution is -2.35. The topological polar surface area (TPSA) is 78.8 Å². The number of hydrogen-bond donors (Lipinski definition) is 0. The highest BCUT2D eigenvalue weighted by Gasteiger charge is 2.32. The third kappa shape index (κ3) is 6.41. The number of benzene rings is 3. The van der Waals surface area contributed by atoms with Gasteiger partial charge in [-0.25, -0.2) is 0 Å². The van der Waals surface area contributed by atoms with Crippen molar-refractivity contribution in [3.63, 3.8) is 0 Å². The molecule has 2 heterocycles. The van der Waals surface area contributed by atoms with Crippen LogP contribution in [-0.2, 0) is 0 Å². The number of rotatable bonds is 11. The first-order chi connectivity index (χ1) is 19.1. The smallest absolute Gasteiger partial charge is 0.256 e. The van der Waals surface area contributed by atoms with Crippen molar-refractivity contribution in [1.82, 2.24) is 4.90 Å². The summed E-state index contributed by atoms with van der Waals surface area (Å²) in [5.41, 5.74) is 1.18. The van der Waals surface area contributed by atoms with E-state index in [0.29, 0.717) is 36.0 Å². The van der Waals surface area contributed by atoms with Gasteiger partial charge in [-0.1, -0.05) is 0 Å². The third-order valence-electron chi connectivity index (χ3n) is 6.71. The van der Waals surface area contributed by atoms with Crippen molar-refractivity contribution < 1.29 is 28.5 Å². The van der Waals surface area contributed by atoms with Crippen LogP contribution in [0.3, 0.4) is 0 Å². The Balaban J connectivity index is 1.12. The Morgan fingerprint density at radius 1 is 0.872 bits per heavy atom. The number of amides is 1. The summed E-state index contributed by atoms with van der Waals surface area (Å²) in [5.74, 6) is 4.11. The monoisotopic (exact) mass is 642 g/mol. The summed E-state index contributed by atoms with van der Waals surface area (Å²) >= 11 is 2.25. The maximum Gasteiger partial charge on any atom is 0.256 e. The Hall–Kier alpha value is -3.47. The fraction of sp³-hybridized carbons (Fsp3) is 0.333. The molecule has 0 aromatic heterocycles. The lowest BCUT2D eigenvalue weighted by Gasteiger charge is -2.20. The zero-order valence-electron chi connectivity index (χ0n) is 22.0. The van der Waals surface area contributed by atoms with E-state index >= 15 is 0 Å². The van der Waals surface area contributed by atoms with Crippen LogP contribution in [0.15, 0.2) is 59.6 Å². The highest BCUT2D eigenvalue weighted by Crippen LogP contribution is 2.38. The van der Waals surface area contributed by atoms with Gasteiger partial charge in [-0.05, 0) is 90.7 Å². The molecule has 1 amide bonds. The largest absolute Gasteiger partial charge is 0.497 e. The molecular formula is C30H31IN2O6. The summed E-state index contributed by atoms with van der Waals surface area (Å²) in [6.45, 7) is 1.80. The fourth-order valence-electron chi connectivity index (χ4n) is 4.62. The molecule has 1 saturated heterocycles. The molecule has 0 saturated carbocycles. The summed E-state index contributed by atoms with van der Waals surface area (Å²) in [7, 11) is 3.22. The molecule has 8 nitrogen and oxygen atoms in total.